The van der Waals surface area contributed by atoms with Crippen molar-refractivity contribution >= 4 is 5.69 Å². The van der Waals surface area contributed by atoms with Gasteiger partial charge in [0, 0.05) is 11.7 Å². The third kappa shape index (κ3) is 2.63. The zero-order valence-corrected chi connectivity index (χ0v) is 9.72. The number of hydrogen-bond acceptors (Lipinski definition) is 1. The molecule has 0 aliphatic heterocycles. The predicted molar refractivity (Wildman–Crippen MR) is 66.2 cm³/mol. The lowest BCUT2D eigenvalue weighted by Crippen LogP contribution is -2.22. The fraction of sp³-hybridized carbons (Fsp3) is 0.429. The zero-order valence-electron chi connectivity index (χ0n) is 9.72. The van der Waals surface area contributed by atoms with E-state index in [1.165, 1.54) is 11.6 Å². The summed E-state index contributed by atoms with van der Waals surface area (Å²) in [6.45, 7) is 5.80. The molecule has 0 bridgehead atoms. The van der Waals surface area contributed by atoms with Gasteiger partial charge in [-0.15, -0.1) is 0 Å². The Kier molecular flexibility index (Phi) is 3.28. The average molecular weight is 219 g/mol. The normalized spacial score (nSPS) is 17.5. The molecule has 0 heterocycles. The summed E-state index contributed by atoms with van der Waals surface area (Å²) in [7, 11) is 0. The van der Waals surface area contributed by atoms with Crippen molar-refractivity contribution in [2.24, 2.45) is 0 Å². The van der Waals surface area contributed by atoms with Gasteiger partial charge in [-0.1, -0.05) is 12.2 Å². The van der Waals surface area contributed by atoms with Crippen molar-refractivity contribution in [1.82, 2.24) is 0 Å². The Morgan fingerprint density at radius 2 is 2.00 bits per heavy atom. The highest BCUT2D eigenvalue weighted by Gasteiger charge is 2.15. The maximum absolute atomic E-state index is 13.1. The standard InChI is InChI=1S/C14H18FN/c1-10-3-5-12(6-4-10)16-13-7-8-14(15)11(2)9-13/h7-9,12,16H,1,3-6H2,2H3. The van der Waals surface area contributed by atoms with Gasteiger partial charge >= 0.3 is 0 Å². The Hall–Kier alpha value is -1.31. The first-order valence-corrected chi connectivity index (χ1v) is 5.84. The number of halogens is 1. The van der Waals surface area contributed by atoms with Crippen molar-refractivity contribution in [3.8, 4) is 0 Å². The zero-order chi connectivity index (χ0) is 11.5. The van der Waals surface area contributed by atoms with Gasteiger partial charge in [0.25, 0.3) is 0 Å². The Morgan fingerprint density at radius 1 is 1.31 bits per heavy atom. The van der Waals surface area contributed by atoms with Crippen LogP contribution in [0.2, 0.25) is 0 Å². The summed E-state index contributed by atoms with van der Waals surface area (Å²) in [4.78, 5) is 0. The molecule has 1 N–H and O–H groups in total. The van der Waals surface area contributed by atoms with Crippen molar-refractivity contribution in [3.05, 3.63) is 41.7 Å². The highest BCUT2D eigenvalue weighted by molar-refractivity contribution is 5.46. The molecule has 0 saturated heterocycles. The number of rotatable bonds is 2. The lowest BCUT2D eigenvalue weighted by Gasteiger charge is -2.25. The summed E-state index contributed by atoms with van der Waals surface area (Å²) >= 11 is 0. The molecule has 1 nitrogen and oxygen atoms in total. The second kappa shape index (κ2) is 4.69. The Bertz CT molecular complexity index is 388. The molecule has 0 radical (unpaired) electrons. The van der Waals surface area contributed by atoms with Crippen LogP contribution in [0.4, 0.5) is 10.1 Å². The molecule has 1 fully saturated rings. The van der Waals surface area contributed by atoms with E-state index in [0.29, 0.717) is 11.6 Å². The largest absolute Gasteiger partial charge is 0.382 e. The molecular formula is C14H18FN. The van der Waals surface area contributed by atoms with Gasteiger partial charge in [-0.05, 0) is 56.4 Å². The van der Waals surface area contributed by atoms with Crippen LogP contribution in [0.1, 0.15) is 31.2 Å². The average Bonchev–Trinajstić information content (AvgIpc) is 2.27. The van der Waals surface area contributed by atoms with Crippen molar-refractivity contribution in [2.45, 2.75) is 38.6 Å². The molecule has 1 aliphatic rings. The molecule has 1 aromatic rings. The smallest absolute Gasteiger partial charge is 0.126 e. The number of allylic oxidation sites excluding steroid dienone is 1. The van der Waals surface area contributed by atoms with E-state index in [4.69, 9.17) is 0 Å². The fourth-order valence-corrected chi connectivity index (χ4v) is 2.14. The van der Waals surface area contributed by atoms with Crippen LogP contribution in [-0.2, 0) is 0 Å². The molecule has 86 valence electrons. The van der Waals surface area contributed by atoms with Crippen LogP contribution in [0.15, 0.2) is 30.4 Å². The van der Waals surface area contributed by atoms with Gasteiger partial charge in [-0.3, -0.25) is 0 Å². The molecule has 1 saturated carbocycles. The van der Waals surface area contributed by atoms with Crippen molar-refractivity contribution < 1.29 is 4.39 Å². The van der Waals surface area contributed by atoms with Gasteiger partial charge in [-0.2, -0.15) is 0 Å². The number of benzene rings is 1. The summed E-state index contributed by atoms with van der Waals surface area (Å²) in [6, 6.07) is 5.72. The Labute approximate surface area is 96.4 Å². The monoisotopic (exact) mass is 219 g/mol. The molecular weight excluding hydrogens is 201 g/mol. The summed E-state index contributed by atoms with van der Waals surface area (Å²) in [6.07, 6.45) is 4.49. The van der Waals surface area contributed by atoms with Crippen LogP contribution < -0.4 is 5.32 Å². The van der Waals surface area contributed by atoms with Crippen molar-refractivity contribution in [2.75, 3.05) is 5.32 Å². The van der Waals surface area contributed by atoms with Crippen LogP contribution in [0.3, 0.4) is 0 Å². The molecule has 1 aliphatic carbocycles. The fourth-order valence-electron chi connectivity index (χ4n) is 2.14. The van der Waals surface area contributed by atoms with Gasteiger partial charge in [-0.25, -0.2) is 4.39 Å². The first-order valence-electron chi connectivity index (χ1n) is 5.84. The minimum atomic E-state index is -0.137. The van der Waals surface area contributed by atoms with E-state index in [0.717, 1.165) is 31.4 Å². The predicted octanol–water partition coefficient (Wildman–Crippen LogP) is 4.04. The molecule has 0 spiro atoms. The lowest BCUT2D eigenvalue weighted by molar-refractivity contribution is 0.541. The first kappa shape index (κ1) is 11.2. The van der Waals surface area contributed by atoms with E-state index < -0.39 is 0 Å². The van der Waals surface area contributed by atoms with Crippen LogP contribution in [0.25, 0.3) is 0 Å². The number of anilines is 1. The number of hydrogen-bond donors (Lipinski definition) is 1. The van der Waals surface area contributed by atoms with E-state index in [9.17, 15) is 4.39 Å². The van der Waals surface area contributed by atoms with Crippen molar-refractivity contribution in [3.63, 3.8) is 0 Å². The van der Waals surface area contributed by atoms with Gasteiger partial charge in [0.05, 0.1) is 0 Å². The van der Waals surface area contributed by atoms with E-state index in [1.807, 2.05) is 12.1 Å². The number of nitrogens with one attached hydrogen (secondary N) is 1. The molecule has 1 aromatic carbocycles. The molecule has 2 rings (SSSR count). The minimum Gasteiger partial charge on any atom is -0.382 e. The van der Waals surface area contributed by atoms with E-state index in [1.54, 1.807) is 6.92 Å². The second-order valence-corrected chi connectivity index (χ2v) is 4.63. The van der Waals surface area contributed by atoms with Gasteiger partial charge in [0.1, 0.15) is 5.82 Å². The summed E-state index contributed by atoms with van der Waals surface area (Å²) < 4.78 is 13.1. The third-order valence-electron chi connectivity index (χ3n) is 3.22. The Balaban J connectivity index is 1.98. The topological polar surface area (TPSA) is 12.0 Å². The SMILES string of the molecule is C=C1CCC(Nc2ccc(F)c(C)c2)CC1. The van der Waals surface area contributed by atoms with Crippen LogP contribution in [-0.4, -0.2) is 6.04 Å². The second-order valence-electron chi connectivity index (χ2n) is 4.63. The molecule has 0 atom stereocenters. The third-order valence-corrected chi connectivity index (χ3v) is 3.22. The quantitative estimate of drug-likeness (QED) is 0.740. The summed E-state index contributed by atoms with van der Waals surface area (Å²) in [5.41, 5.74) is 3.08. The van der Waals surface area contributed by atoms with Crippen LogP contribution in [0.5, 0.6) is 0 Å². The van der Waals surface area contributed by atoms with Crippen molar-refractivity contribution in [1.29, 1.82) is 0 Å². The highest BCUT2D eigenvalue weighted by Crippen LogP contribution is 2.25. The lowest BCUT2D eigenvalue weighted by atomic mass is 9.92. The molecule has 16 heavy (non-hydrogen) atoms. The van der Waals surface area contributed by atoms with E-state index >= 15 is 0 Å². The first-order chi connectivity index (χ1) is 7.65. The maximum atomic E-state index is 13.1. The van der Waals surface area contributed by atoms with Gasteiger partial charge < -0.3 is 5.32 Å². The van der Waals surface area contributed by atoms with E-state index in [-0.39, 0.29) is 5.82 Å². The number of aryl methyl sites for hydroxylation is 1. The minimum absolute atomic E-state index is 0.137. The molecule has 0 aromatic heterocycles. The van der Waals surface area contributed by atoms with Crippen LogP contribution in [0, 0.1) is 12.7 Å². The summed E-state index contributed by atoms with van der Waals surface area (Å²) in [5, 5.41) is 3.46. The van der Waals surface area contributed by atoms with Gasteiger partial charge in [0.2, 0.25) is 0 Å². The molecule has 0 unspecified atom stereocenters. The maximum Gasteiger partial charge on any atom is 0.126 e. The molecule has 0 amide bonds. The van der Waals surface area contributed by atoms with Gasteiger partial charge in [0.15, 0.2) is 0 Å². The molecule has 2 heteroatoms. The summed E-state index contributed by atoms with van der Waals surface area (Å²) in [5.74, 6) is -0.137. The van der Waals surface area contributed by atoms with E-state index in [2.05, 4.69) is 11.9 Å². The van der Waals surface area contributed by atoms with Crippen LogP contribution >= 0.6 is 0 Å². The highest BCUT2D eigenvalue weighted by atomic mass is 19.1. The Morgan fingerprint density at radius 3 is 2.62 bits per heavy atom.